The molecular weight excluding hydrogens is 284 g/mol. The molecule has 112 valence electrons. The first-order valence-corrected chi connectivity index (χ1v) is 7.39. The second-order valence-electron chi connectivity index (χ2n) is 5.25. The van der Waals surface area contributed by atoms with Gasteiger partial charge in [0.2, 0.25) is 0 Å². The van der Waals surface area contributed by atoms with Gasteiger partial charge in [0.25, 0.3) is 0 Å². The van der Waals surface area contributed by atoms with Gasteiger partial charge < -0.3 is 5.11 Å². The van der Waals surface area contributed by atoms with Crippen LogP contribution in [0.1, 0.15) is 21.5 Å². The predicted octanol–water partition coefficient (Wildman–Crippen LogP) is 5.22. The van der Waals surface area contributed by atoms with E-state index < -0.39 is 5.97 Å². The van der Waals surface area contributed by atoms with Crippen LogP contribution in [0.5, 0.6) is 0 Å². The van der Waals surface area contributed by atoms with Gasteiger partial charge in [-0.1, -0.05) is 78.9 Å². The third kappa shape index (κ3) is 3.74. The second kappa shape index (κ2) is 6.75. The first-order valence-electron chi connectivity index (χ1n) is 7.39. The summed E-state index contributed by atoms with van der Waals surface area (Å²) in [6.45, 7) is 0. The molecule has 1 N–H and O–H groups in total. The lowest BCUT2D eigenvalue weighted by molar-refractivity contribution is 0.0697. The summed E-state index contributed by atoms with van der Waals surface area (Å²) in [5, 5.41) is 8.89. The molecule has 0 heterocycles. The third-order valence-electron chi connectivity index (χ3n) is 3.64. The lowest BCUT2D eigenvalue weighted by Gasteiger charge is -2.02. The molecule has 2 heteroatoms. The maximum atomic E-state index is 10.8. The van der Waals surface area contributed by atoms with Gasteiger partial charge in [0.05, 0.1) is 5.56 Å². The average Bonchev–Trinajstić information content (AvgIpc) is 2.61. The number of hydrogen-bond donors (Lipinski definition) is 1. The minimum absolute atomic E-state index is 0.300. The van der Waals surface area contributed by atoms with Gasteiger partial charge in [-0.2, -0.15) is 0 Å². The molecule has 0 atom stereocenters. The van der Waals surface area contributed by atoms with Gasteiger partial charge >= 0.3 is 5.97 Å². The zero-order valence-corrected chi connectivity index (χ0v) is 12.5. The van der Waals surface area contributed by atoms with E-state index >= 15 is 0 Å². The molecule has 3 aromatic rings. The van der Waals surface area contributed by atoms with Crippen molar-refractivity contribution in [3.63, 3.8) is 0 Å². The van der Waals surface area contributed by atoms with E-state index in [9.17, 15) is 4.79 Å². The zero-order valence-electron chi connectivity index (χ0n) is 12.5. The lowest BCUT2D eigenvalue weighted by atomic mass is 10.0. The van der Waals surface area contributed by atoms with Gasteiger partial charge in [0, 0.05) is 0 Å². The fraction of sp³-hybridized carbons (Fsp3) is 0. The van der Waals surface area contributed by atoms with Crippen molar-refractivity contribution in [3.8, 4) is 11.1 Å². The normalized spacial score (nSPS) is 10.8. The molecule has 0 aliphatic heterocycles. The van der Waals surface area contributed by atoms with Crippen molar-refractivity contribution >= 4 is 18.1 Å². The molecule has 0 saturated heterocycles. The van der Waals surface area contributed by atoms with Gasteiger partial charge in [0.1, 0.15) is 0 Å². The van der Waals surface area contributed by atoms with Crippen LogP contribution in [0.4, 0.5) is 0 Å². The van der Waals surface area contributed by atoms with Crippen molar-refractivity contribution in [2.24, 2.45) is 0 Å². The fourth-order valence-corrected chi connectivity index (χ4v) is 2.35. The summed E-state index contributed by atoms with van der Waals surface area (Å²) in [6, 6.07) is 25.4. The first-order chi connectivity index (χ1) is 11.2. The largest absolute Gasteiger partial charge is 0.478 e. The van der Waals surface area contributed by atoms with Crippen LogP contribution in [0, 0.1) is 0 Å². The number of carbonyl (C=O) groups is 1. The highest BCUT2D eigenvalue weighted by Gasteiger charge is 2.00. The summed E-state index contributed by atoms with van der Waals surface area (Å²) in [5.41, 5.74) is 4.77. The minimum Gasteiger partial charge on any atom is -0.478 e. The molecule has 3 rings (SSSR count). The molecule has 0 amide bonds. The van der Waals surface area contributed by atoms with E-state index in [1.54, 1.807) is 24.3 Å². The van der Waals surface area contributed by atoms with Crippen LogP contribution >= 0.6 is 0 Å². The van der Waals surface area contributed by atoms with E-state index in [0.717, 1.165) is 11.1 Å². The summed E-state index contributed by atoms with van der Waals surface area (Å²) in [4.78, 5) is 10.8. The van der Waals surface area contributed by atoms with Crippen molar-refractivity contribution in [1.29, 1.82) is 0 Å². The maximum Gasteiger partial charge on any atom is 0.335 e. The van der Waals surface area contributed by atoms with Crippen molar-refractivity contribution in [2.45, 2.75) is 0 Å². The summed E-state index contributed by atoms with van der Waals surface area (Å²) in [6.07, 6.45) is 3.99. The molecule has 0 radical (unpaired) electrons. The quantitative estimate of drug-likeness (QED) is 0.670. The molecule has 0 bridgehead atoms. The van der Waals surface area contributed by atoms with E-state index in [1.165, 1.54) is 11.1 Å². The topological polar surface area (TPSA) is 37.3 Å². The second-order valence-corrected chi connectivity index (χ2v) is 5.25. The molecule has 0 fully saturated rings. The zero-order chi connectivity index (χ0) is 16.1. The van der Waals surface area contributed by atoms with Gasteiger partial charge in [-0.25, -0.2) is 4.79 Å². The Balaban J connectivity index is 1.74. The number of hydrogen-bond acceptors (Lipinski definition) is 1. The van der Waals surface area contributed by atoms with Crippen molar-refractivity contribution in [3.05, 3.63) is 95.6 Å². The standard InChI is InChI=1S/C21H16O2/c22-21(23)20-14-10-17(11-15-20)7-6-16-8-12-19(13-9-16)18-4-2-1-3-5-18/h1-15H,(H,22,23)/b7-6+. The summed E-state index contributed by atoms with van der Waals surface area (Å²) >= 11 is 0. The van der Waals surface area contributed by atoms with Crippen molar-refractivity contribution in [2.75, 3.05) is 0 Å². The molecule has 3 aromatic carbocycles. The van der Waals surface area contributed by atoms with Crippen molar-refractivity contribution < 1.29 is 9.90 Å². The van der Waals surface area contributed by atoms with Gasteiger partial charge in [-0.3, -0.25) is 0 Å². The SMILES string of the molecule is O=C(O)c1ccc(/C=C/c2ccc(-c3ccccc3)cc2)cc1. The number of rotatable bonds is 4. The first kappa shape index (κ1) is 14.8. The molecule has 0 spiro atoms. The van der Waals surface area contributed by atoms with Crippen LogP contribution in [-0.2, 0) is 0 Å². The van der Waals surface area contributed by atoms with Crippen LogP contribution in [0.25, 0.3) is 23.3 Å². The van der Waals surface area contributed by atoms with Crippen LogP contribution < -0.4 is 0 Å². The van der Waals surface area contributed by atoms with E-state index in [4.69, 9.17) is 5.11 Å². The lowest BCUT2D eigenvalue weighted by Crippen LogP contribution is -1.94. The molecular formula is C21H16O2. The Labute approximate surface area is 135 Å². The summed E-state index contributed by atoms with van der Waals surface area (Å²) in [7, 11) is 0. The van der Waals surface area contributed by atoms with E-state index in [-0.39, 0.29) is 0 Å². The molecule has 0 aliphatic carbocycles. The Bertz CT molecular complexity index is 814. The molecule has 0 aliphatic rings. The van der Waals surface area contributed by atoms with E-state index in [0.29, 0.717) is 5.56 Å². The Morgan fingerprint density at radius 2 is 1.13 bits per heavy atom. The van der Waals surface area contributed by atoms with Crippen LogP contribution in [0.2, 0.25) is 0 Å². The van der Waals surface area contributed by atoms with Crippen LogP contribution in [0.3, 0.4) is 0 Å². The molecule has 23 heavy (non-hydrogen) atoms. The highest BCUT2D eigenvalue weighted by atomic mass is 16.4. The Morgan fingerprint density at radius 3 is 1.65 bits per heavy atom. The van der Waals surface area contributed by atoms with E-state index in [2.05, 4.69) is 36.4 Å². The minimum atomic E-state index is -0.906. The number of carboxylic acid groups (broad SMARTS) is 1. The van der Waals surface area contributed by atoms with Gasteiger partial charge in [0.15, 0.2) is 0 Å². The summed E-state index contributed by atoms with van der Waals surface area (Å²) in [5.74, 6) is -0.906. The highest BCUT2D eigenvalue weighted by molar-refractivity contribution is 5.88. The average molecular weight is 300 g/mol. The predicted molar refractivity (Wildman–Crippen MR) is 94.2 cm³/mol. The number of benzene rings is 3. The monoisotopic (exact) mass is 300 g/mol. The smallest absolute Gasteiger partial charge is 0.335 e. The third-order valence-corrected chi connectivity index (χ3v) is 3.64. The molecule has 0 unspecified atom stereocenters. The fourth-order valence-electron chi connectivity index (χ4n) is 2.35. The molecule has 0 saturated carbocycles. The maximum absolute atomic E-state index is 10.8. The number of aromatic carboxylic acids is 1. The van der Waals surface area contributed by atoms with Crippen molar-refractivity contribution in [1.82, 2.24) is 0 Å². The number of carboxylic acids is 1. The van der Waals surface area contributed by atoms with Gasteiger partial charge in [-0.15, -0.1) is 0 Å². The van der Waals surface area contributed by atoms with Gasteiger partial charge in [-0.05, 0) is 34.4 Å². The highest BCUT2D eigenvalue weighted by Crippen LogP contribution is 2.20. The molecule has 2 nitrogen and oxygen atoms in total. The Kier molecular flexibility index (Phi) is 4.34. The Hall–Kier alpha value is -3.13. The summed E-state index contributed by atoms with van der Waals surface area (Å²) < 4.78 is 0. The van der Waals surface area contributed by atoms with E-state index in [1.807, 2.05) is 30.4 Å². The Morgan fingerprint density at radius 1 is 0.652 bits per heavy atom. The van der Waals surface area contributed by atoms with Crippen LogP contribution in [0.15, 0.2) is 78.9 Å². The molecule has 0 aromatic heterocycles. The van der Waals surface area contributed by atoms with Crippen LogP contribution in [-0.4, -0.2) is 11.1 Å².